The van der Waals surface area contributed by atoms with Gasteiger partial charge < -0.3 is 9.40 Å². The zero-order valence-electron chi connectivity index (χ0n) is 23.8. The molecule has 0 amide bonds. The second-order valence-electron chi connectivity index (χ2n) is 10.8. The van der Waals surface area contributed by atoms with E-state index in [-0.39, 0.29) is 5.41 Å². The molecule has 4 nitrogen and oxygen atoms in total. The first-order chi connectivity index (χ1) is 18.1. The second kappa shape index (κ2) is 11.0. The van der Waals surface area contributed by atoms with Gasteiger partial charge in [0, 0.05) is 28.6 Å². The van der Waals surface area contributed by atoms with Gasteiger partial charge in [0.2, 0.25) is 0 Å². The third kappa shape index (κ3) is 4.92. The number of nitrogens with zero attached hydrogens (tertiary/aromatic N) is 2. The van der Waals surface area contributed by atoms with Gasteiger partial charge >= 0.3 is 5.97 Å². The summed E-state index contributed by atoms with van der Waals surface area (Å²) in [5.74, 6) is -0.435. The molecule has 1 heterocycles. The highest BCUT2D eigenvalue weighted by atomic mass is 16.7. The van der Waals surface area contributed by atoms with E-state index < -0.39 is 5.97 Å². The van der Waals surface area contributed by atoms with Crippen LogP contribution in [0.1, 0.15) is 84.8 Å². The smallest absolute Gasteiger partial charge is 0.318 e. The van der Waals surface area contributed by atoms with Crippen molar-refractivity contribution in [3.05, 3.63) is 76.3 Å². The van der Waals surface area contributed by atoms with Crippen molar-refractivity contribution in [3.63, 3.8) is 0 Å². The van der Waals surface area contributed by atoms with Gasteiger partial charge in [-0.25, -0.2) is 4.79 Å². The molecule has 1 unspecified atom stereocenters. The number of carbonyl (C=O) groups is 1. The number of unbranched alkanes of at least 4 members (excludes halogenated alkanes) is 3. The predicted octanol–water partition coefficient (Wildman–Crippen LogP) is 7.46. The minimum absolute atomic E-state index is 0.0238. The summed E-state index contributed by atoms with van der Waals surface area (Å²) in [5, 5.41) is 7.02. The summed E-state index contributed by atoms with van der Waals surface area (Å²) >= 11 is 0. The number of hydrogen-bond donors (Lipinski definition) is 0. The Hall–Kier alpha value is -3.66. The van der Waals surface area contributed by atoms with Crippen LogP contribution >= 0.6 is 0 Å². The van der Waals surface area contributed by atoms with Crippen molar-refractivity contribution in [1.82, 2.24) is 4.57 Å². The number of fused-ring (bicyclic) bond motifs is 4. The fourth-order valence-corrected chi connectivity index (χ4v) is 5.73. The van der Waals surface area contributed by atoms with Crippen molar-refractivity contribution < 1.29 is 9.63 Å². The maximum atomic E-state index is 11.1. The lowest BCUT2D eigenvalue weighted by molar-refractivity contribution is -0.140. The van der Waals surface area contributed by atoms with Crippen molar-refractivity contribution in [2.24, 2.45) is 5.16 Å². The maximum absolute atomic E-state index is 11.1. The van der Waals surface area contributed by atoms with Crippen LogP contribution < -0.4 is 10.6 Å². The number of aromatic nitrogens is 1. The maximum Gasteiger partial charge on any atom is 0.331 e. The number of rotatable bonds is 9. The highest BCUT2D eigenvalue weighted by Gasteiger charge is 2.39. The Kier molecular flexibility index (Phi) is 7.91. The third-order valence-electron chi connectivity index (χ3n) is 7.94. The standard InChI is InChI=1S/C34H40N2O2/c1-9-10-11-14-19-34(8)30-16-13-12-15-27(30)29-20-28-24(5)32(36(22(2)3)33(28)21-31(29)34)18-17-23(4)25(6)35-38-26(7)37/h12-13,15-18,20-21H,2,5,9-11,14,19H2,1,3-4,6-8H3. The molecule has 3 aromatic rings. The van der Waals surface area contributed by atoms with Crippen molar-refractivity contribution in [1.29, 1.82) is 0 Å². The number of carbonyl (C=O) groups excluding carboxylic acids is 1. The van der Waals surface area contributed by atoms with Crippen molar-refractivity contribution in [3.8, 4) is 11.1 Å². The minimum Gasteiger partial charge on any atom is -0.318 e. The van der Waals surface area contributed by atoms with Gasteiger partial charge in [0.15, 0.2) is 0 Å². The van der Waals surface area contributed by atoms with E-state index in [9.17, 15) is 4.79 Å². The van der Waals surface area contributed by atoms with E-state index in [1.54, 1.807) is 0 Å². The van der Waals surface area contributed by atoms with Gasteiger partial charge in [-0.2, -0.15) is 0 Å². The molecule has 0 radical (unpaired) electrons. The van der Waals surface area contributed by atoms with E-state index in [0.717, 1.165) is 39.2 Å². The Balaban J connectivity index is 1.91. The van der Waals surface area contributed by atoms with Crippen molar-refractivity contribution in [2.75, 3.05) is 0 Å². The molecule has 0 fully saturated rings. The molecular formula is C34H40N2O2. The van der Waals surface area contributed by atoms with Crippen LogP contribution in [-0.2, 0) is 15.0 Å². The molecule has 2 aromatic carbocycles. The molecule has 0 N–H and O–H groups in total. The van der Waals surface area contributed by atoms with Crippen LogP contribution in [0.5, 0.6) is 0 Å². The summed E-state index contributed by atoms with van der Waals surface area (Å²) in [5.41, 5.74) is 9.08. The lowest BCUT2D eigenvalue weighted by Crippen LogP contribution is -2.27. The van der Waals surface area contributed by atoms with Crippen LogP contribution in [0.25, 0.3) is 40.4 Å². The van der Waals surface area contributed by atoms with Crippen LogP contribution in [0.2, 0.25) is 0 Å². The predicted molar refractivity (Wildman–Crippen MR) is 161 cm³/mol. The van der Waals surface area contributed by atoms with Gasteiger partial charge in [-0.05, 0) is 73.2 Å². The zero-order chi connectivity index (χ0) is 27.6. The molecule has 0 bridgehead atoms. The molecule has 1 aliphatic carbocycles. The zero-order valence-corrected chi connectivity index (χ0v) is 23.8. The Morgan fingerprint density at radius 3 is 2.47 bits per heavy atom. The van der Waals surface area contributed by atoms with Crippen LogP contribution in [0.15, 0.2) is 59.8 Å². The molecule has 38 heavy (non-hydrogen) atoms. The normalized spacial score (nSPS) is 17.6. The largest absolute Gasteiger partial charge is 0.331 e. The molecule has 1 aromatic heterocycles. The van der Waals surface area contributed by atoms with Crippen LogP contribution in [0.4, 0.5) is 0 Å². The van der Waals surface area contributed by atoms with E-state index in [2.05, 4.69) is 79.2 Å². The van der Waals surface area contributed by atoms with E-state index in [1.165, 1.54) is 54.9 Å². The fourth-order valence-electron chi connectivity index (χ4n) is 5.73. The summed E-state index contributed by atoms with van der Waals surface area (Å²) < 4.78 is 2.21. The van der Waals surface area contributed by atoms with Crippen LogP contribution in [0.3, 0.4) is 0 Å². The Labute approximate surface area is 226 Å². The SMILES string of the molecule is C=C(C)n1c(=CC=C(C)C(C)=NOC(C)=O)c(=C)c2cc3c(cc21)C(C)(CCCCCC)c1ccccc1-3. The first kappa shape index (κ1) is 27.4. The van der Waals surface area contributed by atoms with Gasteiger partial charge in [0.1, 0.15) is 0 Å². The van der Waals surface area contributed by atoms with Gasteiger partial charge in [-0.15, -0.1) is 0 Å². The average Bonchev–Trinajstić information content (AvgIpc) is 3.31. The monoisotopic (exact) mass is 508 g/mol. The number of benzene rings is 2. The third-order valence-corrected chi connectivity index (χ3v) is 7.94. The van der Waals surface area contributed by atoms with Gasteiger partial charge in [0.25, 0.3) is 0 Å². The molecule has 4 heteroatoms. The summed E-state index contributed by atoms with van der Waals surface area (Å²) in [7, 11) is 0. The molecule has 0 spiro atoms. The molecule has 1 atom stereocenters. The quantitative estimate of drug-likeness (QED) is 0.130. The summed E-state index contributed by atoms with van der Waals surface area (Å²) in [6, 6.07) is 13.6. The molecule has 1 aliphatic rings. The van der Waals surface area contributed by atoms with Crippen LogP contribution in [-0.4, -0.2) is 16.2 Å². The Morgan fingerprint density at radius 1 is 1.05 bits per heavy atom. The summed E-state index contributed by atoms with van der Waals surface area (Å²) in [6.07, 6.45) is 10.2. The molecule has 4 rings (SSSR count). The van der Waals surface area contributed by atoms with E-state index in [1.807, 2.05) is 26.8 Å². The van der Waals surface area contributed by atoms with Crippen molar-refractivity contribution >= 4 is 40.9 Å². The molecule has 0 aliphatic heterocycles. The lowest BCUT2D eigenvalue weighted by atomic mass is 9.76. The lowest BCUT2D eigenvalue weighted by Gasteiger charge is -2.28. The average molecular weight is 509 g/mol. The molecule has 198 valence electrons. The first-order valence-electron chi connectivity index (χ1n) is 13.6. The van der Waals surface area contributed by atoms with Gasteiger partial charge in [-0.1, -0.05) is 88.2 Å². The highest BCUT2D eigenvalue weighted by Crippen LogP contribution is 2.52. The number of hydrogen-bond acceptors (Lipinski definition) is 3. The second-order valence-corrected chi connectivity index (χ2v) is 10.8. The fraction of sp³-hybridized carbons (Fsp3) is 0.353. The first-order valence-corrected chi connectivity index (χ1v) is 13.6. The van der Waals surface area contributed by atoms with E-state index in [4.69, 9.17) is 4.84 Å². The molecular weight excluding hydrogens is 468 g/mol. The Morgan fingerprint density at radius 2 is 1.79 bits per heavy atom. The van der Waals surface area contributed by atoms with Gasteiger partial charge in [-0.3, -0.25) is 0 Å². The topological polar surface area (TPSA) is 43.6 Å². The highest BCUT2D eigenvalue weighted by molar-refractivity contribution is 5.99. The van der Waals surface area contributed by atoms with Crippen molar-refractivity contribution in [2.45, 2.75) is 79.1 Å². The van der Waals surface area contributed by atoms with Gasteiger partial charge in [0.05, 0.1) is 16.6 Å². The van der Waals surface area contributed by atoms with E-state index >= 15 is 0 Å². The number of allylic oxidation sites excluding steroid dienone is 3. The van der Waals surface area contributed by atoms with Crippen LogP contribution in [0, 0.1) is 0 Å². The molecule has 0 saturated heterocycles. The minimum atomic E-state index is -0.435. The van der Waals surface area contributed by atoms with E-state index in [0.29, 0.717) is 5.71 Å². The number of oxime groups is 1. The molecule has 0 saturated carbocycles. The summed E-state index contributed by atoms with van der Waals surface area (Å²) in [6.45, 7) is 20.6. The Bertz CT molecular complexity index is 1580. The summed E-state index contributed by atoms with van der Waals surface area (Å²) in [4.78, 5) is 15.9.